The third-order valence-electron chi connectivity index (χ3n) is 2.67. The standard InChI is InChI=1S/C7H10O3/c1-3-4-2-8-7(9-4)6-5(3)10-6/h3-7H,2H2,1H3/t3?,4-,5-,6+,7?/m1/s1. The van der Waals surface area contributed by atoms with Crippen molar-refractivity contribution in [2.45, 2.75) is 31.5 Å². The van der Waals surface area contributed by atoms with Gasteiger partial charge in [-0.2, -0.15) is 0 Å². The van der Waals surface area contributed by atoms with Crippen LogP contribution < -0.4 is 0 Å². The van der Waals surface area contributed by atoms with Gasteiger partial charge in [0, 0.05) is 5.92 Å². The largest absolute Gasteiger partial charge is 0.364 e. The summed E-state index contributed by atoms with van der Waals surface area (Å²) in [6.45, 7) is 2.93. The predicted octanol–water partition coefficient (Wildman–Crippen LogP) is 0.145. The lowest BCUT2D eigenvalue weighted by molar-refractivity contribution is -0.0870. The van der Waals surface area contributed by atoms with Gasteiger partial charge in [0.1, 0.15) is 6.10 Å². The second-order valence-corrected chi connectivity index (χ2v) is 3.30. The van der Waals surface area contributed by atoms with E-state index in [9.17, 15) is 0 Å². The van der Waals surface area contributed by atoms with Crippen molar-refractivity contribution in [1.82, 2.24) is 0 Å². The summed E-state index contributed by atoms with van der Waals surface area (Å²) in [6.07, 6.45) is 0.958. The summed E-state index contributed by atoms with van der Waals surface area (Å²) < 4.78 is 16.2. The fourth-order valence-electron chi connectivity index (χ4n) is 1.88. The first-order valence-corrected chi connectivity index (χ1v) is 3.79. The van der Waals surface area contributed by atoms with Crippen molar-refractivity contribution >= 4 is 0 Å². The summed E-state index contributed by atoms with van der Waals surface area (Å²) in [7, 11) is 0. The Morgan fingerprint density at radius 2 is 2.10 bits per heavy atom. The van der Waals surface area contributed by atoms with E-state index < -0.39 is 0 Å². The number of hydrogen-bond acceptors (Lipinski definition) is 3. The van der Waals surface area contributed by atoms with Crippen molar-refractivity contribution < 1.29 is 14.2 Å². The number of rotatable bonds is 0. The lowest BCUT2D eigenvalue weighted by Gasteiger charge is -2.19. The molecule has 56 valence electrons. The van der Waals surface area contributed by atoms with Gasteiger partial charge in [0.25, 0.3) is 0 Å². The molecule has 3 rings (SSSR count). The first-order chi connectivity index (χ1) is 4.86. The SMILES string of the molecule is CC1[C@H]2O[C@@H]2C2OC[C@H]1O2. The number of hydrogen-bond donors (Lipinski definition) is 0. The van der Waals surface area contributed by atoms with Gasteiger partial charge >= 0.3 is 0 Å². The maximum absolute atomic E-state index is 5.52. The first-order valence-electron chi connectivity index (χ1n) is 3.79. The summed E-state index contributed by atoms with van der Waals surface area (Å²) in [5.41, 5.74) is 0. The average molecular weight is 142 g/mol. The second kappa shape index (κ2) is 1.55. The predicted molar refractivity (Wildman–Crippen MR) is 32.4 cm³/mol. The van der Waals surface area contributed by atoms with Crippen LogP contribution in [0.2, 0.25) is 0 Å². The van der Waals surface area contributed by atoms with Gasteiger partial charge in [-0.1, -0.05) is 6.92 Å². The van der Waals surface area contributed by atoms with Gasteiger partial charge in [-0.15, -0.1) is 0 Å². The molecule has 0 N–H and O–H groups in total. The molecule has 10 heavy (non-hydrogen) atoms. The van der Waals surface area contributed by atoms with Crippen molar-refractivity contribution in [3.8, 4) is 0 Å². The Morgan fingerprint density at radius 3 is 3.00 bits per heavy atom. The molecule has 2 unspecified atom stereocenters. The Kier molecular flexibility index (Phi) is 0.854. The van der Waals surface area contributed by atoms with Crippen molar-refractivity contribution in [3.63, 3.8) is 0 Å². The molecule has 3 nitrogen and oxygen atoms in total. The van der Waals surface area contributed by atoms with Crippen LogP contribution in [-0.4, -0.2) is 31.2 Å². The molecule has 0 aliphatic carbocycles. The van der Waals surface area contributed by atoms with Crippen molar-refractivity contribution in [2.24, 2.45) is 5.92 Å². The molecular formula is C7H10O3. The van der Waals surface area contributed by atoms with Crippen molar-refractivity contribution in [3.05, 3.63) is 0 Å². The van der Waals surface area contributed by atoms with Gasteiger partial charge in [0.2, 0.25) is 0 Å². The van der Waals surface area contributed by atoms with E-state index in [4.69, 9.17) is 14.2 Å². The van der Waals surface area contributed by atoms with Crippen molar-refractivity contribution in [1.29, 1.82) is 0 Å². The number of ether oxygens (including phenoxy) is 3. The van der Waals surface area contributed by atoms with Crippen LogP contribution in [0.3, 0.4) is 0 Å². The lowest BCUT2D eigenvalue weighted by atomic mass is 9.98. The maximum atomic E-state index is 5.52. The van der Waals surface area contributed by atoms with E-state index in [1.54, 1.807) is 0 Å². The highest BCUT2D eigenvalue weighted by atomic mass is 16.8. The zero-order valence-electron chi connectivity index (χ0n) is 5.82. The Morgan fingerprint density at radius 1 is 1.20 bits per heavy atom. The van der Waals surface area contributed by atoms with Crippen LogP contribution in [0.5, 0.6) is 0 Å². The van der Waals surface area contributed by atoms with Gasteiger partial charge in [0.15, 0.2) is 6.29 Å². The zero-order chi connectivity index (χ0) is 6.72. The fraction of sp³-hybridized carbons (Fsp3) is 1.00. The molecular weight excluding hydrogens is 132 g/mol. The van der Waals surface area contributed by atoms with E-state index in [2.05, 4.69) is 6.92 Å². The van der Waals surface area contributed by atoms with Gasteiger partial charge < -0.3 is 14.2 Å². The highest BCUT2D eigenvalue weighted by Crippen LogP contribution is 2.44. The highest BCUT2D eigenvalue weighted by Gasteiger charge is 2.59. The lowest BCUT2D eigenvalue weighted by Crippen LogP contribution is -2.33. The van der Waals surface area contributed by atoms with Crippen LogP contribution in [0.15, 0.2) is 0 Å². The molecule has 2 bridgehead atoms. The zero-order valence-corrected chi connectivity index (χ0v) is 5.82. The molecule has 5 atom stereocenters. The molecule has 0 aromatic heterocycles. The minimum atomic E-state index is -0.0359. The summed E-state index contributed by atoms with van der Waals surface area (Å²) in [5.74, 6) is 0.531. The third kappa shape index (κ3) is 0.516. The fourth-order valence-corrected chi connectivity index (χ4v) is 1.88. The van der Waals surface area contributed by atoms with E-state index in [0.717, 1.165) is 6.61 Å². The van der Waals surface area contributed by atoms with E-state index in [-0.39, 0.29) is 12.4 Å². The summed E-state index contributed by atoms with van der Waals surface area (Å²) in [6, 6.07) is 0. The Hall–Kier alpha value is -0.120. The van der Waals surface area contributed by atoms with Gasteiger partial charge in [-0.25, -0.2) is 0 Å². The van der Waals surface area contributed by atoms with E-state index in [0.29, 0.717) is 18.1 Å². The monoisotopic (exact) mass is 142 g/mol. The molecule has 3 fully saturated rings. The molecule has 0 aromatic carbocycles. The Balaban J connectivity index is 1.91. The molecule has 3 heterocycles. The maximum Gasteiger partial charge on any atom is 0.186 e. The van der Waals surface area contributed by atoms with E-state index in [1.807, 2.05) is 0 Å². The molecule has 0 amide bonds. The molecule has 3 heteroatoms. The molecule has 3 aliphatic rings. The second-order valence-electron chi connectivity index (χ2n) is 3.30. The molecule has 3 saturated heterocycles. The minimum absolute atomic E-state index is 0.0359. The molecule has 0 spiro atoms. The first kappa shape index (κ1) is 5.52. The summed E-state index contributed by atoms with van der Waals surface area (Å²) in [4.78, 5) is 0. The van der Waals surface area contributed by atoms with Gasteiger partial charge in [-0.3, -0.25) is 0 Å². The minimum Gasteiger partial charge on any atom is -0.364 e. The summed E-state index contributed by atoms with van der Waals surface area (Å²) >= 11 is 0. The average Bonchev–Trinajstić information content (AvgIpc) is 2.61. The number of fused-ring (bicyclic) bond motifs is 4. The Bertz CT molecular complexity index is 168. The van der Waals surface area contributed by atoms with E-state index in [1.165, 1.54) is 0 Å². The molecule has 3 aliphatic heterocycles. The molecule has 0 saturated carbocycles. The topological polar surface area (TPSA) is 31.0 Å². The van der Waals surface area contributed by atoms with Crippen LogP contribution in [0.25, 0.3) is 0 Å². The molecule has 0 radical (unpaired) electrons. The normalized spacial score (nSPS) is 63.9. The van der Waals surface area contributed by atoms with Crippen LogP contribution in [-0.2, 0) is 14.2 Å². The van der Waals surface area contributed by atoms with Crippen molar-refractivity contribution in [2.75, 3.05) is 6.61 Å². The van der Waals surface area contributed by atoms with Crippen LogP contribution in [0.4, 0.5) is 0 Å². The van der Waals surface area contributed by atoms with Gasteiger partial charge in [0.05, 0.1) is 18.8 Å². The highest BCUT2D eigenvalue weighted by molar-refractivity contribution is 5.01. The Labute approximate surface area is 59.3 Å². The van der Waals surface area contributed by atoms with Crippen LogP contribution >= 0.6 is 0 Å². The quantitative estimate of drug-likeness (QED) is 0.451. The van der Waals surface area contributed by atoms with Crippen LogP contribution in [0.1, 0.15) is 6.92 Å². The molecule has 0 aromatic rings. The third-order valence-corrected chi connectivity index (χ3v) is 2.67. The van der Waals surface area contributed by atoms with E-state index >= 15 is 0 Å². The van der Waals surface area contributed by atoms with Gasteiger partial charge in [-0.05, 0) is 0 Å². The smallest absolute Gasteiger partial charge is 0.186 e. The van der Waals surface area contributed by atoms with Crippen LogP contribution in [0, 0.1) is 5.92 Å². The summed E-state index contributed by atoms with van der Waals surface area (Å²) in [5, 5.41) is 0. The number of epoxide rings is 1.